The standard InChI is InChI=1S/C20H17N5OS2/c1-24-18(26)15-9-5-6-10-16(15)21-19(24)27-11-14-12-28-20-23-22-17(25(14)20)13-7-3-2-4-8-13/h2-10,14H,11-12H2,1H3/t14-/m1/s1. The summed E-state index contributed by atoms with van der Waals surface area (Å²) in [6.07, 6.45) is 0. The molecule has 6 nitrogen and oxygen atoms in total. The monoisotopic (exact) mass is 407 g/mol. The first-order valence-corrected chi connectivity index (χ1v) is 10.9. The van der Waals surface area contributed by atoms with Crippen molar-refractivity contribution in [3.63, 3.8) is 0 Å². The zero-order chi connectivity index (χ0) is 19.1. The summed E-state index contributed by atoms with van der Waals surface area (Å²) < 4.78 is 3.85. The highest BCUT2D eigenvalue weighted by atomic mass is 32.2. The molecule has 5 rings (SSSR count). The summed E-state index contributed by atoms with van der Waals surface area (Å²) in [5, 5.41) is 11.1. The summed E-state index contributed by atoms with van der Waals surface area (Å²) in [6.45, 7) is 0. The molecule has 1 aliphatic rings. The molecule has 0 saturated heterocycles. The SMILES string of the molecule is Cn1c(SC[C@@H]2CSc3nnc(-c4ccccc4)n32)nc2ccccc2c1=O. The molecule has 2 aromatic heterocycles. The Bertz CT molecular complexity index is 1220. The van der Waals surface area contributed by atoms with E-state index in [2.05, 4.69) is 26.9 Å². The van der Waals surface area contributed by atoms with E-state index >= 15 is 0 Å². The number of fused-ring (bicyclic) bond motifs is 2. The minimum absolute atomic E-state index is 0.0103. The van der Waals surface area contributed by atoms with E-state index < -0.39 is 0 Å². The van der Waals surface area contributed by atoms with Crippen LogP contribution in [0, 0.1) is 0 Å². The van der Waals surface area contributed by atoms with Gasteiger partial charge in [-0.25, -0.2) is 4.98 Å². The molecule has 8 heteroatoms. The topological polar surface area (TPSA) is 65.6 Å². The summed E-state index contributed by atoms with van der Waals surface area (Å²) >= 11 is 3.33. The van der Waals surface area contributed by atoms with Gasteiger partial charge in [0.1, 0.15) is 0 Å². The Balaban J connectivity index is 1.45. The van der Waals surface area contributed by atoms with Crippen LogP contribution < -0.4 is 5.56 Å². The first-order valence-electron chi connectivity index (χ1n) is 8.94. The summed E-state index contributed by atoms with van der Waals surface area (Å²) in [6, 6.07) is 17.9. The molecule has 0 spiro atoms. The van der Waals surface area contributed by atoms with E-state index in [9.17, 15) is 4.79 Å². The first-order chi connectivity index (χ1) is 13.7. The Morgan fingerprint density at radius 3 is 2.75 bits per heavy atom. The van der Waals surface area contributed by atoms with Crippen LogP contribution in [-0.2, 0) is 7.05 Å². The van der Waals surface area contributed by atoms with Gasteiger partial charge in [0.2, 0.25) is 0 Å². The number of rotatable bonds is 4. The molecular formula is C20H17N5OS2. The third-order valence-corrected chi connectivity index (χ3v) is 7.08. The van der Waals surface area contributed by atoms with E-state index in [0.717, 1.165) is 38.7 Å². The maximum absolute atomic E-state index is 12.6. The lowest BCUT2D eigenvalue weighted by Gasteiger charge is -2.15. The van der Waals surface area contributed by atoms with Crippen molar-refractivity contribution in [1.82, 2.24) is 24.3 Å². The van der Waals surface area contributed by atoms with Crippen LogP contribution in [0.2, 0.25) is 0 Å². The number of para-hydroxylation sites is 1. The van der Waals surface area contributed by atoms with E-state index in [-0.39, 0.29) is 11.6 Å². The number of hydrogen-bond acceptors (Lipinski definition) is 6. The number of thioether (sulfide) groups is 2. The summed E-state index contributed by atoms with van der Waals surface area (Å²) in [5.74, 6) is 2.64. The average molecular weight is 408 g/mol. The van der Waals surface area contributed by atoms with Gasteiger partial charge in [0, 0.05) is 24.1 Å². The van der Waals surface area contributed by atoms with Gasteiger partial charge in [-0.2, -0.15) is 0 Å². The Kier molecular flexibility index (Phi) is 4.44. The lowest BCUT2D eigenvalue weighted by Crippen LogP contribution is -2.20. The third-order valence-electron chi connectivity index (χ3n) is 4.81. The van der Waals surface area contributed by atoms with Gasteiger partial charge in [0.25, 0.3) is 5.56 Å². The minimum Gasteiger partial charge on any atom is -0.297 e. The minimum atomic E-state index is -0.0103. The molecule has 0 N–H and O–H groups in total. The van der Waals surface area contributed by atoms with Crippen LogP contribution in [0.1, 0.15) is 6.04 Å². The molecule has 0 aliphatic carbocycles. The van der Waals surface area contributed by atoms with Crippen LogP contribution >= 0.6 is 23.5 Å². The van der Waals surface area contributed by atoms with Crippen molar-refractivity contribution in [3.05, 3.63) is 65.0 Å². The number of nitrogens with zero attached hydrogens (tertiary/aromatic N) is 5. The third kappa shape index (κ3) is 2.93. The highest BCUT2D eigenvalue weighted by Gasteiger charge is 2.29. The van der Waals surface area contributed by atoms with E-state index in [4.69, 9.17) is 4.98 Å². The molecule has 1 aliphatic heterocycles. The fourth-order valence-electron chi connectivity index (χ4n) is 3.35. The van der Waals surface area contributed by atoms with E-state index in [1.807, 2.05) is 42.5 Å². The highest BCUT2D eigenvalue weighted by Crippen LogP contribution is 2.38. The molecule has 0 bridgehead atoms. The second kappa shape index (κ2) is 7.10. The van der Waals surface area contributed by atoms with Crippen molar-refractivity contribution in [1.29, 1.82) is 0 Å². The van der Waals surface area contributed by atoms with Gasteiger partial charge in [-0.15, -0.1) is 10.2 Å². The summed E-state index contributed by atoms with van der Waals surface area (Å²) in [7, 11) is 1.78. The predicted molar refractivity (Wildman–Crippen MR) is 113 cm³/mol. The van der Waals surface area contributed by atoms with Gasteiger partial charge < -0.3 is 0 Å². The maximum atomic E-state index is 12.6. The van der Waals surface area contributed by atoms with Crippen LogP contribution in [0.3, 0.4) is 0 Å². The van der Waals surface area contributed by atoms with Gasteiger partial charge in [-0.1, -0.05) is 66.0 Å². The molecule has 4 aromatic rings. The van der Waals surface area contributed by atoms with Crippen LogP contribution in [0.25, 0.3) is 22.3 Å². The number of hydrogen-bond donors (Lipinski definition) is 0. The van der Waals surface area contributed by atoms with Crippen molar-refractivity contribution < 1.29 is 0 Å². The van der Waals surface area contributed by atoms with Crippen LogP contribution in [0.15, 0.2) is 69.7 Å². The van der Waals surface area contributed by atoms with Crippen molar-refractivity contribution in [2.45, 2.75) is 16.4 Å². The van der Waals surface area contributed by atoms with Crippen molar-refractivity contribution in [3.8, 4) is 11.4 Å². The molecule has 140 valence electrons. The van der Waals surface area contributed by atoms with E-state index in [1.54, 1.807) is 35.1 Å². The van der Waals surface area contributed by atoms with Crippen LogP contribution in [0.5, 0.6) is 0 Å². The molecule has 0 saturated carbocycles. The predicted octanol–water partition coefficient (Wildman–Crippen LogP) is 3.63. The van der Waals surface area contributed by atoms with Crippen molar-refractivity contribution >= 4 is 34.4 Å². The van der Waals surface area contributed by atoms with Gasteiger partial charge >= 0.3 is 0 Å². The molecule has 0 amide bonds. The Labute approximate surface area is 170 Å². The molecule has 0 unspecified atom stereocenters. The van der Waals surface area contributed by atoms with Crippen LogP contribution in [0.4, 0.5) is 0 Å². The van der Waals surface area contributed by atoms with Crippen molar-refractivity contribution in [2.75, 3.05) is 11.5 Å². The zero-order valence-electron chi connectivity index (χ0n) is 15.1. The quantitative estimate of drug-likeness (QED) is 0.380. The zero-order valence-corrected chi connectivity index (χ0v) is 16.8. The van der Waals surface area contributed by atoms with Crippen LogP contribution in [-0.4, -0.2) is 35.8 Å². The van der Waals surface area contributed by atoms with E-state index in [1.165, 1.54) is 0 Å². The fourth-order valence-corrected chi connectivity index (χ4v) is 5.63. The van der Waals surface area contributed by atoms with Crippen molar-refractivity contribution in [2.24, 2.45) is 7.05 Å². The molecule has 0 radical (unpaired) electrons. The van der Waals surface area contributed by atoms with Gasteiger partial charge in [-0.3, -0.25) is 13.9 Å². The second-order valence-electron chi connectivity index (χ2n) is 6.59. The number of benzene rings is 2. The van der Waals surface area contributed by atoms with Gasteiger partial charge in [0.15, 0.2) is 16.1 Å². The number of aromatic nitrogens is 5. The smallest absolute Gasteiger partial charge is 0.261 e. The molecule has 28 heavy (non-hydrogen) atoms. The molecule has 2 aromatic carbocycles. The lowest BCUT2D eigenvalue weighted by molar-refractivity contribution is 0.595. The highest BCUT2D eigenvalue weighted by molar-refractivity contribution is 8.00. The largest absolute Gasteiger partial charge is 0.297 e. The van der Waals surface area contributed by atoms with Gasteiger partial charge in [0.05, 0.1) is 16.9 Å². The Hall–Kier alpha value is -2.58. The first kappa shape index (κ1) is 17.5. The normalized spacial score (nSPS) is 15.8. The summed E-state index contributed by atoms with van der Waals surface area (Å²) in [4.78, 5) is 17.3. The lowest BCUT2D eigenvalue weighted by atomic mass is 10.2. The molecular weight excluding hydrogens is 390 g/mol. The fraction of sp³-hybridized carbons (Fsp3) is 0.200. The molecule has 0 fully saturated rings. The Morgan fingerprint density at radius 1 is 1.11 bits per heavy atom. The molecule has 1 atom stereocenters. The average Bonchev–Trinajstić information content (AvgIpc) is 3.33. The van der Waals surface area contributed by atoms with Gasteiger partial charge in [-0.05, 0) is 12.1 Å². The summed E-state index contributed by atoms with van der Waals surface area (Å²) in [5.41, 5.74) is 1.79. The Morgan fingerprint density at radius 2 is 1.89 bits per heavy atom. The second-order valence-corrected chi connectivity index (χ2v) is 8.57. The van der Waals surface area contributed by atoms with E-state index in [0.29, 0.717) is 5.39 Å². The maximum Gasteiger partial charge on any atom is 0.261 e. The molecule has 3 heterocycles.